The van der Waals surface area contributed by atoms with E-state index in [-0.39, 0.29) is 5.91 Å². The number of hydrogen-bond donors (Lipinski definition) is 2. The fourth-order valence-corrected chi connectivity index (χ4v) is 1.68. The van der Waals surface area contributed by atoms with Gasteiger partial charge in [0.2, 0.25) is 5.91 Å². The van der Waals surface area contributed by atoms with E-state index in [4.69, 9.17) is 11.0 Å². The van der Waals surface area contributed by atoms with E-state index in [1.807, 2.05) is 6.07 Å². The van der Waals surface area contributed by atoms with E-state index < -0.39 is 0 Å². The summed E-state index contributed by atoms with van der Waals surface area (Å²) in [5.41, 5.74) is 6.90. The van der Waals surface area contributed by atoms with Crippen molar-refractivity contribution in [3.05, 3.63) is 29.8 Å². The maximum absolute atomic E-state index is 11.7. The number of anilines is 1. The molecule has 0 radical (unpaired) electrons. The van der Waals surface area contributed by atoms with Crippen LogP contribution in [0.3, 0.4) is 0 Å². The molecule has 0 aliphatic heterocycles. The number of rotatable bonds is 6. The Bertz CT molecular complexity index is 416. The van der Waals surface area contributed by atoms with Crippen molar-refractivity contribution in [2.45, 2.75) is 26.2 Å². The Morgan fingerprint density at radius 1 is 1.44 bits per heavy atom. The smallest absolute Gasteiger partial charge is 0.224 e. The second kappa shape index (κ2) is 7.46. The van der Waals surface area contributed by atoms with Gasteiger partial charge in [-0.05, 0) is 43.1 Å². The van der Waals surface area contributed by atoms with Gasteiger partial charge in [0.15, 0.2) is 0 Å². The van der Waals surface area contributed by atoms with Crippen molar-refractivity contribution in [2.75, 3.05) is 11.9 Å². The molecule has 4 heteroatoms. The first kappa shape index (κ1) is 14.2. The topological polar surface area (TPSA) is 78.9 Å². The number of carbonyl (C=O) groups is 1. The Kier molecular flexibility index (Phi) is 5.89. The molecule has 1 aromatic rings. The minimum atomic E-state index is -0.00777. The predicted octanol–water partition coefficient (Wildman–Crippen LogP) is 2.26. The van der Waals surface area contributed by atoms with Crippen LogP contribution < -0.4 is 11.1 Å². The summed E-state index contributed by atoms with van der Waals surface area (Å²) in [5, 5.41) is 11.5. The molecule has 0 spiro atoms. The molecule has 0 saturated carbocycles. The van der Waals surface area contributed by atoms with Crippen LogP contribution >= 0.6 is 0 Å². The molecule has 1 aromatic carbocycles. The Morgan fingerprint density at radius 3 is 2.61 bits per heavy atom. The standard InChI is InChI=1S/C14H19N3O/c1-2-11(9-15)5-8-14(18)17-13-6-3-12(10-16)4-7-13/h3-4,6-7,11H,2,5,8-9,15H2,1H3,(H,17,18). The molecule has 0 fully saturated rings. The normalized spacial score (nSPS) is 11.6. The molecule has 1 atom stereocenters. The predicted molar refractivity (Wildman–Crippen MR) is 71.9 cm³/mol. The average Bonchev–Trinajstić information content (AvgIpc) is 2.41. The van der Waals surface area contributed by atoms with E-state index in [0.29, 0.717) is 24.4 Å². The first-order valence-corrected chi connectivity index (χ1v) is 6.19. The third-order valence-electron chi connectivity index (χ3n) is 2.99. The molecule has 96 valence electrons. The van der Waals surface area contributed by atoms with Crippen LogP contribution in [-0.4, -0.2) is 12.5 Å². The van der Waals surface area contributed by atoms with Gasteiger partial charge in [-0.2, -0.15) is 5.26 Å². The van der Waals surface area contributed by atoms with Crippen molar-refractivity contribution < 1.29 is 4.79 Å². The van der Waals surface area contributed by atoms with Crippen LogP contribution in [0.5, 0.6) is 0 Å². The molecule has 18 heavy (non-hydrogen) atoms. The highest BCUT2D eigenvalue weighted by Crippen LogP contribution is 2.12. The molecule has 0 saturated heterocycles. The number of nitrogens with zero attached hydrogens (tertiary/aromatic N) is 1. The lowest BCUT2D eigenvalue weighted by Crippen LogP contribution is -2.17. The number of nitrogens with two attached hydrogens (primary N) is 1. The summed E-state index contributed by atoms with van der Waals surface area (Å²) in [6, 6.07) is 8.87. The minimum Gasteiger partial charge on any atom is -0.330 e. The number of nitriles is 1. The van der Waals surface area contributed by atoms with Crippen LogP contribution in [0.15, 0.2) is 24.3 Å². The first-order chi connectivity index (χ1) is 8.69. The number of carbonyl (C=O) groups excluding carboxylic acids is 1. The highest BCUT2D eigenvalue weighted by Gasteiger charge is 2.08. The van der Waals surface area contributed by atoms with Crippen molar-refractivity contribution in [2.24, 2.45) is 11.7 Å². The Hall–Kier alpha value is -1.86. The largest absolute Gasteiger partial charge is 0.330 e. The van der Waals surface area contributed by atoms with Gasteiger partial charge in [0, 0.05) is 12.1 Å². The van der Waals surface area contributed by atoms with Gasteiger partial charge in [-0.3, -0.25) is 4.79 Å². The maximum Gasteiger partial charge on any atom is 0.224 e. The number of amides is 1. The lowest BCUT2D eigenvalue weighted by Gasteiger charge is -2.11. The number of hydrogen-bond acceptors (Lipinski definition) is 3. The van der Waals surface area contributed by atoms with Gasteiger partial charge in [0.1, 0.15) is 0 Å². The van der Waals surface area contributed by atoms with Crippen LogP contribution in [0, 0.1) is 17.2 Å². The van der Waals surface area contributed by atoms with Gasteiger partial charge in [-0.1, -0.05) is 13.3 Å². The van der Waals surface area contributed by atoms with E-state index >= 15 is 0 Å². The van der Waals surface area contributed by atoms with Crippen molar-refractivity contribution in [3.8, 4) is 6.07 Å². The summed E-state index contributed by atoms with van der Waals surface area (Å²) >= 11 is 0. The molecule has 0 aromatic heterocycles. The summed E-state index contributed by atoms with van der Waals surface area (Å²) in [7, 11) is 0. The van der Waals surface area contributed by atoms with Gasteiger partial charge in [-0.15, -0.1) is 0 Å². The van der Waals surface area contributed by atoms with E-state index in [1.165, 1.54) is 0 Å². The Balaban J connectivity index is 2.42. The molecule has 0 heterocycles. The van der Waals surface area contributed by atoms with Crippen LogP contribution in [0.25, 0.3) is 0 Å². The molecular weight excluding hydrogens is 226 g/mol. The fourth-order valence-electron chi connectivity index (χ4n) is 1.68. The molecule has 0 bridgehead atoms. The fraction of sp³-hybridized carbons (Fsp3) is 0.429. The van der Waals surface area contributed by atoms with Gasteiger partial charge in [-0.25, -0.2) is 0 Å². The molecule has 0 aliphatic carbocycles. The van der Waals surface area contributed by atoms with Gasteiger partial charge >= 0.3 is 0 Å². The second-order valence-corrected chi connectivity index (χ2v) is 4.29. The molecular formula is C14H19N3O. The molecule has 3 N–H and O–H groups in total. The SMILES string of the molecule is CCC(CN)CCC(=O)Nc1ccc(C#N)cc1. The van der Waals surface area contributed by atoms with Crippen molar-refractivity contribution in [1.82, 2.24) is 0 Å². The zero-order valence-corrected chi connectivity index (χ0v) is 10.6. The Labute approximate surface area is 108 Å². The van der Waals surface area contributed by atoms with E-state index in [0.717, 1.165) is 18.5 Å². The van der Waals surface area contributed by atoms with E-state index in [2.05, 4.69) is 12.2 Å². The minimum absolute atomic E-state index is 0.00777. The van der Waals surface area contributed by atoms with Gasteiger partial charge in [0.25, 0.3) is 0 Å². The van der Waals surface area contributed by atoms with Crippen molar-refractivity contribution >= 4 is 11.6 Å². The number of benzene rings is 1. The summed E-state index contributed by atoms with van der Waals surface area (Å²) in [5.74, 6) is 0.406. The molecule has 1 rings (SSSR count). The quantitative estimate of drug-likeness (QED) is 0.806. The summed E-state index contributed by atoms with van der Waals surface area (Å²) in [6.07, 6.45) is 2.30. The molecule has 1 unspecified atom stereocenters. The molecule has 0 aliphatic rings. The van der Waals surface area contributed by atoms with E-state index in [9.17, 15) is 4.79 Å². The summed E-state index contributed by atoms with van der Waals surface area (Å²) in [6.45, 7) is 2.71. The first-order valence-electron chi connectivity index (χ1n) is 6.19. The monoisotopic (exact) mass is 245 g/mol. The highest BCUT2D eigenvalue weighted by molar-refractivity contribution is 5.90. The van der Waals surface area contributed by atoms with Crippen LogP contribution in [0.4, 0.5) is 5.69 Å². The van der Waals surface area contributed by atoms with Crippen LogP contribution in [-0.2, 0) is 4.79 Å². The zero-order valence-electron chi connectivity index (χ0n) is 10.6. The third-order valence-corrected chi connectivity index (χ3v) is 2.99. The van der Waals surface area contributed by atoms with Gasteiger partial charge in [0.05, 0.1) is 11.6 Å². The Morgan fingerprint density at radius 2 is 2.11 bits per heavy atom. The molecule has 4 nitrogen and oxygen atoms in total. The van der Waals surface area contributed by atoms with Crippen molar-refractivity contribution in [1.29, 1.82) is 5.26 Å². The summed E-state index contributed by atoms with van der Waals surface area (Å²) < 4.78 is 0. The third kappa shape index (κ3) is 4.56. The lowest BCUT2D eigenvalue weighted by molar-refractivity contribution is -0.116. The zero-order chi connectivity index (χ0) is 13.4. The summed E-state index contributed by atoms with van der Waals surface area (Å²) in [4.78, 5) is 11.7. The average molecular weight is 245 g/mol. The van der Waals surface area contributed by atoms with Crippen molar-refractivity contribution in [3.63, 3.8) is 0 Å². The maximum atomic E-state index is 11.7. The van der Waals surface area contributed by atoms with Crippen LogP contribution in [0.1, 0.15) is 31.7 Å². The van der Waals surface area contributed by atoms with Crippen LogP contribution in [0.2, 0.25) is 0 Å². The van der Waals surface area contributed by atoms with Gasteiger partial charge < -0.3 is 11.1 Å². The van der Waals surface area contributed by atoms with E-state index in [1.54, 1.807) is 24.3 Å². The highest BCUT2D eigenvalue weighted by atomic mass is 16.1. The molecule has 1 amide bonds. The second-order valence-electron chi connectivity index (χ2n) is 4.29. The number of nitrogens with one attached hydrogen (secondary N) is 1. The lowest BCUT2D eigenvalue weighted by atomic mass is 10.0.